The summed E-state index contributed by atoms with van der Waals surface area (Å²) < 4.78 is 5.88. The van der Waals surface area contributed by atoms with Gasteiger partial charge in [0.2, 0.25) is 0 Å². The molecule has 0 radical (unpaired) electrons. The molecule has 1 aliphatic carbocycles. The summed E-state index contributed by atoms with van der Waals surface area (Å²) in [5.74, 6) is 0. The second kappa shape index (κ2) is 5.04. The van der Waals surface area contributed by atoms with Gasteiger partial charge in [-0.15, -0.1) is 11.3 Å². The number of aromatic nitrogens is 1. The highest BCUT2D eigenvalue weighted by Crippen LogP contribution is 2.39. The summed E-state index contributed by atoms with van der Waals surface area (Å²) in [6.07, 6.45) is 4.27. The van der Waals surface area contributed by atoms with Crippen LogP contribution in [-0.4, -0.2) is 11.6 Å². The average molecular weight is 254 g/mol. The molecule has 3 nitrogen and oxygen atoms in total. The Balaban J connectivity index is 2.33. The van der Waals surface area contributed by atoms with Crippen molar-refractivity contribution in [1.82, 2.24) is 4.98 Å². The highest BCUT2D eigenvalue weighted by molar-refractivity contribution is 7.12. The topological polar surface area (TPSA) is 48.1 Å². The van der Waals surface area contributed by atoms with E-state index in [4.69, 9.17) is 15.5 Å². The molecule has 1 aliphatic rings. The fraction of sp³-hybridized carbons (Fsp3) is 0.769. The lowest BCUT2D eigenvalue weighted by molar-refractivity contribution is -0.0325. The van der Waals surface area contributed by atoms with E-state index in [-0.39, 0.29) is 11.6 Å². The number of thiazole rings is 1. The average Bonchev–Trinajstić information content (AvgIpc) is 2.75. The van der Waals surface area contributed by atoms with Gasteiger partial charge in [-0.25, -0.2) is 4.98 Å². The summed E-state index contributed by atoms with van der Waals surface area (Å²) in [5.41, 5.74) is 7.12. The predicted molar refractivity (Wildman–Crippen MR) is 71.2 cm³/mol. The summed E-state index contributed by atoms with van der Waals surface area (Å²) in [4.78, 5) is 6.06. The summed E-state index contributed by atoms with van der Waals surface area (Å²) in [5, 5.41) is 1.10. The lowest BCUT2D eigenvalue weighted by atomic mass is 9.99. The molecule has 0 aliphatic heterocycles. The van der Waals surface area contributed by atoms with Crippen LogP contribution in [0.4, 0.5) is 0 Å². The van der Waals surface area contributed by atoms with Crippen molar-refractivity contribution in [3.05, 3.63) is 15.6 Å². The molecule has 0 spiro atoms. The second-order valence-electron chi connectivity index (χ2n) is 4.85. The first kappa shape index (κ1) is 13.0. The Morgan fingerprint density at radius 3 is 2.88 bits per heavy atom. The minimum Gasteiger partial charge on any atom is -0.368 e. The highest BCUT2D eigenvalue weighted by Gasteiger charge is 2.32. The molecule has 4 heteroatoms. The number of rotatable bonds is 4. The van der Waals surface area contributed by atoms with E-state index in [0.29, 0.717) is 0 Å². The predicted octanol–water partition coefficient (Wildman–Crippen LogP) is 3.14. The molecule has 2 rings (SSSR count). The number of aryl methyl sites for hydroxylation is 1. The number of hydrogen-bond donors (Lipinski definition) is 1. The van der Waals surface area contributed by atoms with Crippen LogP contribution in [0, 0.1) is 0 Å². The third-order valence-corrected chi connectivity index (χ3v) is 5.06. The molecule has 0 amide bonds. The van der Waals surface area contributed by atoms with Crippen molar-refractivity contribution in [3.8, 4) is 0 Å². The second-order valence-corrected chi connectivity index (χ2v) is 5.88. The van der Waals surface area contributed by atoms with Crippen LogP contribution in [0.2, 0.25) is 0 Å². The molecular weight excluding hydrogens is 232 g/mol. The monoisotopic (exact) mass is 254 g/mol. The quantitative estimate of drug-likeness (QED) is 0.898. The van der Waals surface area contributed by atoms with Gasteiger partial charge >= 0.3 is 0 Å². The number of nitrogens with zero attached hydrogens (tertiary/aromatic N) is 1. The third kappa shape index (κ3) is 2.39. The first-order valence-electron chi connectivity index (χ1n) is 6.50. The Morgan fingerprint density at radius 1 is 1.53 bits per heavy atom. The maximum atomic E-state index is 6.15. The van der Waals surface area contributed by atoms with E-state index in [1.165, 1.54) is 10.6 Å². The number of nitrogens with two attached hydrogens (primary N) is 1. The SMILES string of the molecule is CCOC(C)(CC)c1nc2c(s1)C(N)CCC2. The van der Waals surface area contributed by atoms with Crippen LogP contribution < -0.4 is 5.73 Å². The first-order chi connectivity index (χ1) is 8.10. The van der Waals surface area contributed by atoms with E-state index in [0.717, 1.165) is 37.3 Å². The van der Waals surface area contributed by atoms with Crippen molar-refractivity contribution in [2.75, 3.05) is 6.61 Å². The van der Waals surface area contributed by atoms with Crippen molar-refractivity contribution in [2.24, 2.45) is 5.73 Å². The van der Waals surface area contributed by atoms with Gasteiger partial charge < -0.3 is 10.5 Å². The maximum absolute atomic E-state index is 6.15. The fourth-order valence-corrected chi connectivity index (χ4v) is 3.63. The molecule has 0 saturated heterocycles. The van der Waals surface area contributed by atoms with Gasteiger partial charge in [-0.1, -0.05) is 6.92 Å². The Kier molecular flexibility index (Phi) is 3.85. The lowest BCUT2D eigenvalue weighted by Crippen LogP contribution is -2.24. The largest absolute Gasteiger partial charge is 0.368 e. The molecule has 96 valence electrons. The smallest absolute Gasteiger partial charge is 0.125 e. The molecule has 0 bridgehead atoms. The minimum atomic E-state index is -0.240. The zero-order valence-electron chi connectivity index (χ0n) is 11.0. The van der Waals surface area contributed by atoms with Crippen LogP contribution in [-0.2, 0) is 16.8 Å². The van der Waals surface area contributed by atoms with Crippen molar-refractivity contribution >= 4 is 11.3 Å². The van der Waals surface area contributed by atoms with E-state index in [1.807, 2.05) is 6.92 Å². The van der Waals surface area contributed by atoms with Gasteiger partial charge in [0.1, 0.15) is 10.6 Å². The van der Waals surface area contributed by atoms with Crippen LogP contribution in [0.3, 0.4) is 0 Å². The van der Waals surface area contributed by atoms with Crippen LogP contribution >= 0.6 is 11.3 Å². The van der Waals surface area contributed by atoms with Crippen molar-refractivity contribution in [1.29, 1.82) is 0 Å². The minimum absolute atomic E-state index is 0.188. The molecule has 2 N–H and O–H groups in total. The standard InChI is InChI=1S/C13H22N2OS/c1-4-13(3,16-5-2)12-15-10-8-6-7-9(14)11(10)17-12/h9H,4-8,14H2,1-3H3. The van der Waals surface area contributed by atoms with Gasteiger partial charge in [0.15, 0.2) is 0 Å². The summed E-state index contributed by atoms with van der Waals surface area (Å²) in [6.45, 7) is 7.04. The third-order valence-electron chi connectivity index (χ3n) is 3.58. The van der Waals surface area contributed by atoms with E-state index in [2.05, 4.69) is 13.8 Å². The summed E-state index contributed by atoms with van der Waals surface area (Å²) in [7, 11) is 0. The maximum Gasteiger partial charge on any atom is 0.125 e. The Bertz CT molecular complexity index is 391. The molecule has 2 unspecified atom stereocenters. The molecule has 1 heterocycles. The van der Waals surface area contributed by atoms with Gasteiger partial charge in [-0.05, 0) is 39.5 Å². The van der Waals surface area contributed by atoms with Gasteiger partial charge in [-0.3, -0.25) is 0 Å². The molecule has 17 heavy (non-hydrogen) atoms. The molecular formula is C13H22N2OS. The Labute approximate surface area is 107 Å². The van der Waals surface area contributed by atoms with Crippen molar-refractivity contribution in [3.63, 3.8) is 0 Å². The van der Waals surface area contributed by atoms with Gasteiger partial charge in [0, 0.05) is 17.5 Å². The molecule has 0 saturated carbocycles. The van der Waals surface area contributed by atoms with E-state index in [1.54, 1.807) is 11.3 Å². The Hall–Kier alpha value is -0.450. The number of ether oxygens (including phenoxy) is 1. The first-order valence-corrected chi connectivity index (χ1v) is 7.32. The van der Waals surface area contributed by atoms with Crippen molar-refractivity contribution < 1.29 is 4.74 Å². The Morgan fingerprint density at radius 2 is 2.29 bits per heavy atom. The van der Waals surface area contributed by atoms with Gasteiger partial charge in [0.25, 0.3) is 0 Å². The van der Waals surface area contributed by atoms with E-state index < -0.39 is 0 Å². The summed E-state index contributed by atoms with van der Waals surface area (Å²) >= 11 is 1.75. The van der Waals surface area contributed by atoms with Crippen molar-refractivity contribution in [2.45, 2.75) is 58.1 Å². The molecule has 1 aromatic heterocycles. The molecule has 2 atom stereocenters. The van der Waals surface area contributed by atoms with Gasteiger partial charge in [0.05, 0.1) is 5.69 Å². The normalized spacial score (nSPS) is 23.2. The van der Waals surface area contributed by atoms with Crippen LogP contribution in [0.15, 0.2) is 0 Å². The number of fused-ring (bicyclic) bond motifs is 1. The molecule has 1 aromatic rings. The lowest BCUT2D eigenvalue weighted by Gasteiger charge is -2.25. The zero-order valence-corrected chi connectivity index (χ0v) is 11.8. The highest BCUT2D eigenvalue weighted by atomic mass is 32.1. The fourth-order valence-electron chi connectivity index (χ4n) is 2.31. The van der Waals surface area contributed by atoms with Crippen LogP contribution in [0.25, 0.3) is 0 Å². The van der Waals surface area contributed by atoms with E-state index in [9.17, 15) is 0 Å². The molecule has 0 fully saturated rings. The molecule has 0 aromatic carbocycles. The van der Waals surface area contributed by atoms with Crippen LogP contribution in [0.1, 0.15) is 61.7 Å². The van der Waals surface area contributed by atoms with E-state index >= 15 is 0 Å². The number of hydrogen-bond acceptors (Lipinski definition) is 4. The zero-order chi connectivity index (χ0) is 12.5. The summed E-state index contributed by atoms with van der Waals surface area (Å²) in [6, 6.07) is 0.188. The van der Waals surface area contributed by atoms with Crippen LogP contribution in [0.5, 0.6) is 0 Å². The van der Waals surface area contributed by atoms with Gasteiger partial charge in [-0.2, -0.15) is 0 Å².